The van der Waals surface area contributed by atoms with Crippen molar-refractivity contribution in [2.24, 2.45) is 0 Å². The van der Waals surface area contributed by atoms with Crippen LogP contribution < -0.4 is 5.73 Å². The van der Waals surface area contributed by atoms with Crippen LogP contribution >= 0.6 is 15.9 Å². The molecule has 1 aromatic rings. The van der Waals surface area contributed by atoms with E-state index < -0.39 is 10.0 Å². The first kappa shape index (κ1) is 16.5. The second kappa shape index (κ2) is 6.24. The zero-order valence-corrected chi connectivity index (χ0v) is 14.2. The van der Waals surface area contributed by atoms with E-state index in [9.17, 15) is 8.42 Å². The molecular formula is C13H21BrN2O2S. The van der Waals surface area contributed by atoms with Crippen molar-refractivity contribution < 1.29 is 8.42 Å². The lowest BCUT2D eigenvalue weighted by Crippen LogP contribution is -2.36. The highest BCUT2D eigenvalue weighted by molar-refractivity contribution is 9.10. The summed E-state index contributed by atoms with van der Waals surface area (Å²) in [4.78, 5) is 0.280. The summed E-state index contributed by atoms with van der Waals surface area (Å²) in [5.41, 5.74) is 6.92. The van der Waals surface area contributed by atoms with Crippen LogP contribution in [0.3, 0.4) is 0 Å². The van der Waals surface area contributed by atoms with Crippen LogP contribution in [0.15, 0.2) is 21.5 Å². The number of halogens is 1. The number of benzene rings is 1. The molecule has 0 aromatic heterocycles. The summed E-state index contributed by atoms with van der Waals surface area (Å²) in [5, 5.41) is 0. The second-order valence-electron chi connectivity index (χ2n) is 4.63. The Morgan fingerprint density at radius 2 is 1.84 bits per heavy atom. The van der Waals surface area contributed by atoms with Crippen molar-refractivity contribution in [2.75, 3.05) is 12.8 Å². The third kappa shape index (κ3) is 3.30. The number of hydrogen-bond acceptors (Lipinski definition) is 3. The Bertz CT molecular complexity index is 554. The van der Waals surface area contributed by atoms with Crippen molar-refractivity contribution in [1.82, 2.24) is 4.31 Å². The van der Waals surface area contributed by atoms with Crippen molar-refractivity contribution in [1.29, 1.82) is 0 Å². The van der Waals surface area contributed by atoms with Gasteiger partial charge in [0.15, 0.2) is 0 Å². The summed E-state index contributed by atoms with van der Waals surface area (Å²) in [6.07, 6.45) is 1.58. The fourth-order valence-corrected chi connectivity index (χ4v) is 4.30. The van der Waals surface area contributed by atoms with Gasteiger partial charge in [-0.15, -0.1) is 0 Å². The first-order valence-electron chi connectivity index (χ1n) is 6.29. The van der Waals surface area contributed by atoms with Gasteiger partial charge in [0.05, 0.1) is 4.90 Å². The third-order valence-electron chi connectivity index (χ3n) is 3.41. The lowest BCUT2D eigenvalue weighted by Gasteiger charge is -2.26. The van der Waals surface area contributed by atoms with Crippen molar-refractivity contribution in [2.45, 2.75) is 44.6 Å². The SMILES string of the molecule is CCC(CC)N(C)S(=O)(=O)c1cc(N)c(Br)cc1C. The zero-order valence-electron chi connectivity index (χ0n) is 11.8. The molecule has 19 heavy (non-hydrogen) atoms. The quantitative estimate of drug-likeness (QED) is 0.831. The lowest BCUT2D eigenvalue weighted by atomic mass is 10.2. The van der Waals surface area contributed by atoms with Crippen LogP contribution in [0.5, 0.6) is 0 Å². The first-order valence-corrected chi connectivity index (χ1v) is 8.52. The van der Waals surface area contributed by atoms with E-state index in [4.69, 9.17) is 5.73 Å². The monoisotopic (exact) mass is 348 g/mol. The number of sulfonamides is 1. The summed E-state index contributed by atoms with van der Waals surface area (Å²) in [7, 11) is -1.87. The number of nitrogens with zero attached hydrogens (tertiary/aromatic N) is 1. The normalized spacial score (nSPS) is 12.4. The maximum absolute atomic E-state index is 12.6. The first-order chi connectivity index (χ1) is 8.75. The molecule has 4 nitrogen and oxygen atoms in total. The minimum Gasteiger partial charge on any atom is -0.398 e. The summed E-state index contributed by atoms with van der Waals surface area (Å²) in [6, 6.07) is 3.27. The molecule has 0 aliphatic heterocycles. The fourth-order valence-electron chi connectivity index (χ4n) is 2.10. The van der Waals surface area contributed by atoms with E-state index in [-0.39, 0.29) is 10.9 Å². The average Bonchev–Trinajstić information content (AvgIpc) is 2.34. The molecule has 2 N–H and O–H groups in total. The van der Waals surface area contributed by atoms with Gasteiger partial charge in [-0.2, -0.15) is 4.31 Å². The average molecular weight is 349 g/mol. The van der Waals surface area contributed by atoms with Gasteiger partial charge < -0.3 is 5.73 Å². The number of hydrogen-bond donors (Lipinski definition) is 1. The maximum Gasteiger partial charge on any atom is 0.243 e. The summed E-state index contributed by atoms with van der Waals surface area (Å²) in [5.74, 6) is 0. The molecule has 1 rings (SSSR count). The molecular weight excluding hydrogens is 328 g/mol. The second-order valence-corrected chi connectivity index (χ2v) is 7.45. The molecule has 0 atom stereocenters. The van der Waals surface area contributed by atoms with Crippen LogP contribution in [-0.2, 0) is 10.0 Å². The molecule has 0 unspecified atom stereocenters. The van der Waals surface area contributed by atoms with Gasteiger partial charge in [-0.25, -0.2) is 8.42 Å². The van der Waals surface area contributed by atoms with Crippen molar-refractivity contribution >= 4 is 31.6 Å². The molecule has 0 spiro atoms. The van der Waals surface area contributed by atoms with Crippen LogP contribution in [0.25, 0.3) is 0 Å². The molecule has 0 aliphatic carbocycles. The van der Waals surface area contributed by atoms with Crippen LogP contribution in [0, 0.1) is 6.92 Å². The number of aryl methyl sites for hydroxylation is 1. The molecule has 0 radical (unpaired) electrons. The molecule has 0 bridgehead atoms. The van der Waals surface area contributed by atoms with Gasteiger partial charge in [0.1, 0.15) is 0 Å². The Morgan fingerprint density at radius 1 is 1.32 bits per heavy atom. The van der Waals surface area contributed by atoms with E-state index in [1.54, 1.807) is 20.0 Å². The Morgan fingerprint density at radius 3 is 2.32 bits per heavy atom. The Balaban J connectivity index is 3.31. The van der Waals surface area contributed by atoms with Crippen LogP contribution in [0.1, 0.15) is 32.3 Å². The summed E-state index contributed by atoms with van der Waals surface area (Å²) < 4.78 is 27.4. The van der Waals surface area contributed by atoms with E-state index in [0.29, 0.717) is 15.7 Å². The van der Waals surface area contributed by atoms with Crippen molar-refractivity contribution in [3.63, 3.8) is 0 Å². The van der Waals surface area contributed by atoms with Crippen molar-refractivity contribution in [3.8, 4) is 0 Å². The molecule has 108 valence electrons. The minimum absolute atomic E-state index is 0.00858. The molecule has 0 saturated carbocycles. The highest BCUT2D eigenvalue weighted by Crippen LogP contribution is 2.29. The molecule has 0 aliphatic rings. The lowest BCUT2D eigenvalue weighted by molar-refractivity contribution is 0.349. The Hall–Kier alpha value is -0.590. The summed E-state index contributed by atoms with van der Waals surface area (Å²) >= 11 is 3.31. The van der Waals surface area contributed by atoms with E-state index in [1.807, 2.05) is 13.8 Å². The Labute approximate surface area is 124 Å². The van der Waals surface area contributed by atoms with Gasteiger partial charge in [0.25, 0.3) is 0 Å². The van der Waals surface area contributed by atoms with Gasteiger partial charge in [0.2, 0.25) is 10.0 Å². The molecule has 0 amide bonds. The highest BCUT2D eigenvalue weighted by Gasteiger charge is 2.27. The van der Waals surface area contributed by atoms with E-state index in [2.05, 4.69) is 15.9 Å². The third-order valence-corrected chi connectivity index (χ3v) is 6.15. The molecule has 0 fully saturated rings. The van der Waals surface area contributed by atoms with Crippen LogP contribution in [0.4, 0.5) is 5.69 Å². The minimum atomic E-state index is -3.50. The Kier molecular flexibility index (Phi) is 5.41. The molecule has 0 heterocycles. The van der Waals surface area contributed by atoms with E-state index >= 15 is 0 Å². The van der Waals surface area contributed by atoms with Crippen molar-refractivity contribution in [3.05, 3.63) is 22.2 Å². The van der Waals surface area contributed by atoms with Gasteiger partial charge in [-0.05, 0) is 53.4 Å². The number of anilines is 1. The smallest absolute Gasteiger partial charge is 0.243 e. The highest BCUT2D eigenvalue weighted by atomic mass is 79.9. The summed E-state index contributed by atoms with van der Waals surface area (Å²) in [6.45, 7) is 5.75. The topological polar surface area (TPSA) is 63.4 Å². The fraction of sp³-hybridized carbons (Fsp3) is 0.538. The number of nitrogen functional groups attached to an aromatic ring is 1. The predicted molar refractivity (Wildman–Crippen MR) is 82.6 cm³/mol. The zero-order chi connectivity index (χ0) is 14.8. The van der Waals surface area contributed by atoms with Crippen LogP contribution in [0.2, 0.25) is 0 Å². The van der Waals surface area contributed by atoms with E-state index in [0.717, 1.165) is 12.8 Å². The maximum atomic E-state index is 12.6. The number of rotatable bonds is 5. The predicted octanol–water partition coefficient (Wildman–Crippen LogP) is 3.15. The van der Waals surface area contributed by atoms with Crippen LogP contribution in [-0.4, -0.2) is 25.8 Å². The molecule has 1 aromatic carbocycles. The molecule has 0 saturated heterocycles. The molecule has 6 heteroatoms. The number of nitrogens with two attached hydrogens (primary N) is 1. The van der Waals surface area contributed by atoms with Gasteiger partial charge in [-0.1, -0.05) is 13.8 Å². The van der Waals surface area contributed by atoms with Gasteiger partial charge in [0, 0.05) is 23.2 Å². The van der Waals surface area contributed by atoms with E-state index in [1.165, 1.54) is 10.4 Å². The standard InChI is InChI=1S/C13H21BrN2O2S/c1-5-10(6-2)16(4)19(17,18)13-8-12(15)11(14)7-9(13)3/h7-8,10H,5-6,15H2,1-4H3. The van der Waals surface area contributed by atoms with Gasteiger partial charge >= 0.3 is 0 Å². The van der Waals surface area contributed by atoms with Gasteiger partial charge in [-0.3, -0.25) is 0 Å². The largest absolute Gasteiger partial charge is 0.398 e.